The standard InChI is InChI=1S/C19H16FN3O2/c20-14-7-5-12(6-8-14)9-13-10-23(11-13)19(25)17-18(24)22-16-4-2-1-3-15(16)21-17/h1-8,13H,9-11H2,(H,22,24). The van der Waals surface area contributed by atoms with Gasteiger partial charge < -0.3 is 9.88 Å². The highest BCUT2D eigenvalue weighted by Gasteiger charge is 2.33. The predicted octanol–water partition coefficient (Wildman–Crippen LogP) is 2.38. The molecule has 3 aromatic rings. The van der Waals surface area contributed by atoms with E-state index in [-0.39, 0.29) is 17.4 Å². The molecule has 25 heavy (non-hydrogen) atoms. The summed E-state index contributed by atoms with van der Waals surface area (Å²) in [5.41, 5.74) is 1.71. The molecule has 1 aliphatic heterocycles. The number of likely N-dealkylation sites (tertiary alicyclic amines) is 1. The Morgan fingerprint density at radius 2 is 1.88 bits per heavy atom. The van der Waals surface area contributed by atoms with Gasteiger partial charge >= 0.3 is 0 Å². The van der Waals surface area contributed by atoms with E-state index in [1.54, 1.807) is 35.2 Å². The summed E-state index contributed by atoms with van der Waals surface area (Å²) in [5.74, 6) is -0.285. The average molecular weight is 337 g/mol. The molecule has 0 bridgehead atoms. The van der Waals surface area contributed by atoms with Crippen LogP contribution in [0.3, 0.4) is 0 Å². The van der Waals surface area contributed by atoms with Crippen molar-refractivity contribution in [2.24, 2.45) is 5.92 Å². The first-order chi connectivity index (χ1) is 12.1. The largest absolute Gasteiger partial charge is 0.336 e. The number of benzene rings is 2. The Labute approximate surface area is 143 Å². The lowest BCUT2D eigenvalue weighted by atomic mass is 9.92. The molecule has 6 heteroatoms. The molecule has 1 amide bonds. The maximum absolute atomic E-state index is 12.9. The van der Waals surface area contributed by atoms with Crippen LogP contribution in [0.4, 0.5) is 4.39 Å². The van der Waals surface area contributed by atoms with Crippen LogP contribution in [0.1, 0.15) is 16.1 Å². The number of H-pyrrole nitrogens is 1. The van der Waals surface area contributed by atoms with Crippen LogP contribution in [0.2, 0.25) is 0 Å². The number of hydrogen-bond acceptors (Lipinski definition) is 3. The van der Waals surface area contributed by atoms with Crippen LogP contribution >= 0.6 is 0 Å². The van der Waals surface area contributed by atoms with Gasteiger partial charge in [-0.3, -0.25) is 9.59 Å². The van der Waals surface area contributed by atoms with Gasteiger partial charge in [0.15, 0.2) is 5.69 Å². The number of amides is 1. The van der Waals surface area contributed by atoms with Crippen molar-refractivity contribution >= 4 is 16.9 Å². The molecule has 1 aliphatic rings. The molecule has 0 saturated carbocycles. The van der Waals surface area contributed by atoms with E-state index < -0.39 is 5.56 Å². The summed E-state index contributed by atoms with van der Waals surface area (Å²) in [4.78, 5) is 33.2. The van der Waals surface area contributed by atoms with Crippen LogP contribution in [0.25, 0.3) is 11.0 Å². The van der Waals surface area contributed by atoms with Crippen molar-refractivity contribution in [1.82, 2.24) is 14.9 Å². The molecule has 0 unspecified atom stereocenters. The molecule has 0 aliphatic carbocycles. The third-order valence-electron chi connectivity index (χ3n) is 4.48. The highest BCUT2D eigenvalue weighted by Crippen LogP contribution is 2.22. The summed E-state index contributed by atoms with van der Waals surface area (Å²) in [6, 6.07) is 13.5. The lowest BCUT2D eigenvalue weighted by molar-refractivity contribution is 0.0493. The molecule has 2 heterocycles. The molecule has 1 saturated heterocycles. The Kier molecular flexibility index (Phi) is 3.80. The summed E-state index contributed by atoms with van der Waals surface area (Å²) in [6.45, 7) is 1.15. The van der Waals surface area contributed by atoms with Gasteiger partial charge in [0.25, 0.3) is 11.5 Å². The number of nitrogens with zero attached hydrogens (tertiary/aromatic N) is 2. The van der Waals surface area contributed by atoms with Crippen LogP contribution < -0.4 is 5.56 Å². The van der Waals surface area contributed by atoms with Crippen LogP contribution in [0.15, 0.2) is 53.3 Å². The van der Waals surface area contributed by atoms with E-state index >= 15 is 0 Å². The van der Waals surface area contributed by atoms with Crippen molar-refractivity contribution in [3.05, 3.63) is 76.0 Å². The number of halogens is 1. The third kappa shape index (κ3) is 3.03. The highest BCUT2D eigenvalue weighted by atomic mass is 19.1. The van der Waals surface area contributed by atoms with Crippen LogP contribution in [-0.2, 0) is 6.42 Å². The Morgan fingerprint density at radius 1 is 1.16 bits per heavy atom. The molecule has 0 atom stereocenters. The lowest BCUT2D eigenvalue weighted by Gasteiger charge is -2.39. The van der Waals surface area contributed by atoms with Crippen LogP contribution in [0.5, 0.6) is 0 Å². The van der Waals surface area contributed by atoms with Gasteiger partial charge in [-0.2, -0.15) is 0 Å². The first-order valence-electron chi connectivity index (χ1n) is 8.13. The summed E-state index contributed by atoms with van der Waals surface area (Å²) >= 11 is 0. The zero-order chi connectivity index (χ0) is 17.4. The van der Waals surface area contributed by atoms with Crippen molar-refractivity contribution in [1.29, 1.82) is 0 Å². The van der Waals surface area contributed by atoms with Gasteiger partial charge in [-0.05, 0) is 42.2 Å². The van der Waals surface area contributed by atoms with Gasteiger partial charge in [0.1, 0.15) is 5.82 Å². The predicted molar refractivity (Wildman–Crippen MR) is 91.9 cm³/mol. The second kappa shape index (κ2) is 6.12. The van der Waals surface area contributed by atoms with E-state index in [4.69, 9.17) is 0 Å². The highest BCUT2D eigenvalue weighted by molar-refractivity contribution is 5.94. The third-order valence-corrected chi connectivity index (χ3v) is 4.48. The zero-order valence-electron chi connectivity index (χ0n) is 13.4. The zero-order valence-corrected chi connectivity index (χ0v) is 13.4. The first kappa shape index (κ1) is 15.5. The lowest BCUT2D eigenvalue weighted by Crippen LogP contribution is -2.52. The second-order valence-corrected chi connectivity index (χ2v) is 6.34. The Morgan fingerprint density at radius 3 is 2.64 bits per heavy atom. The number of aromatic amines is 1. The Bertz CT molecular complexity index is 991. The topological polar surface area (TPSA) is 66.1 Å². The van der Waals surface area contributed by atoms with Crippen molar-refractivity contribution < 1.29 is 9.18 Å². The quantitative estimate of drug-likeness (QED) is 0.798. The molecule has 4 rings (SSSR count). The van der Waals surface area contributed by atoms with E-state index in [1.165, 1.54) is 12.1 Å². The maximum Gasteiger partial charge on any atom is 0.280 e. The summed E-state index contributed by atoms with van der Waals surface area (Å²) in [5, 5.41) is 0. The smallest absolute Gasteiger partial charge is 0.280 e. The van der Waals surface area contributed by atoms with Gasteiger partial charge in [-0.15, -0.1) is 0 Å². The summed E-state index contributed by atoms with van der Waals surface area (Å²) in [6.07, 6.45) is 0.783. The molecule has 0 spiro atoms. The van der Waals surface area contributed by atoms with Crippen molar-refractivity contribution in [3.8, 4) is 0 Å². The maximum atomic E-state index is 12.9. The number of para-hydroxylation sites is 2. The number of aromatic nitrogens is 2. The van der Waals surface area contributed by atoms with Crippen molar-refractivity contribution in [2.75, 3.05) is 13.1 Å². The number of hydrogen-bond donors (Lipinski definition) is 1. The van der Waals surface area contributed by atoms with E-state index in [0.29, 0.717) is 30.0 Å². The van der Waals surface area contributed by atoms with Gasteiger partial charge in [-0.25, -0.2) is 9.37 Å². The van der Waals surface area contributed by atoms with E-state index in [9.17, 15) is 14.0 Å². The monoisotopic (exact) mass is 337 g/mol. The molecule has 5 nitrogen and oxygen atoms in total. The molecule has 1 aromatic heterocycles. The summed E-state index contributed by atoms with van der Waals surface area (Å²) < 4.78 is 12.9. The first-order valence-corrected chi connectivity index (χ1v) is 8.13. The van der Waals surface area contributed by atoms with E-state index in [0.717, 1.165) is 12.0 Å². The van der Waals surface area contributed by atoms with Crippen molar-refractivity contribution in [2.45, 2.75) is 6.42 Å². The molecule has 2 aromatic carbocycles. The fourth-order valence-corrected chi connectivity index (χ4v) is 3.14. The van der Waals surface area contributed by atoms with Gasteiger partial charge in [0.05, 0.1) is 11.0 Å². The minimum atomic E-state index is -0.467. The van der Waals surface area contributed by atoms with Crippen molar-refractivity contribution in [3.63, 3.8) is 0 Å². The molecule has 1 N–H and O–H groups in total. The van der Waals surface area contributed by atoms with Crippen LogP contribution in [-0.4, -0.2) is 33.9 Å². The number of rotatable bonds is 3. The molecule has 126 valence electrons. The van der Waals surface area contributed by atoms with Gasteiger partial charge in [-0.1, -0.05) is 24.3 Å². The second-order valence-electron chi connectivity index (χ2n) is 6.34. The fourth-order valence-electron chi connectivity index (χ4n) is 3.14. The van der Waals surface area contributed by atoms with Gasteiger partial charge in [0.2, 0.25) is 0 Å². The minimum Gasteiger partial charge on any atom is -0.336 e. The Hall–Kier alpha value is -3.02. The number of fused-ring (bicyclic) bond motifs is 1. The minimum absolute atomic E-state index is 0.0704. The molecular formula is C19H16FN3O2. The SMILES string of the molecule is O=C(c1nc2ccccc2[nH]c1=O)N1CC(Cc2ccc(F)cc2)C1. The normalized spacial score (nSPS) is 14.5. The van der Waals surface area contributed by atoms with Gasteiger partial charge in [0, 0.05) is 13.1 Å². The molecule has 1 fully saturated rings. The average Bonchev–Trinajstić information content (AvgIpc) is 2.58. The number of carbonyl (C=O) groups is 1. The van der Waals surface area contributed by atoms with Crippen LogP contribution in [0, 0.1) is 11.7 Å². The molecule has 0 radical (unpaired) electrons. The fraction of sp³-hybridized carbons (Fsp3) is 0.211. The Balaban J connectivity index is 1.45. The van der Waals surface area contributed by atoms with E-state index in [2.05, 4.69) is 9.97 Å². The number of carbonyl (C=O) groups excluding carboxylic acids is 1. The molecular weight excluding hydrogens is 321 g/mol. The number of nitrogens with one attached hydrogen (secondary N) is 1. The van der Waals surface area contributed by atoms with E-state index in [1.807, 2.05) is 6.07 Å². The summed E-state index contributed by atoms with van der Waals surface area (Å²) in [7, 11) is 0.